The highest BCUT2D eigenvalue weighted by Gasteiger charge is 2.09. The summed E-state index contributed by atoms with van der Waals surface area (Å²) in [5.41, 5.74) is 2.54. The lowest BCUT2D eigenvalue weighted by molar-refractivity contribution is 0.581. The van der Waals surface area contributed by atoms with E-state index in [4.69, 9.17) is 0 Å². The van der Waals surface area contributed by atoms with E-state index in [2.05, 4.69) is 46.8 Å². The summed E-state index contributed by atoms with van der Waals surface area (Å²) < 4.78 is 22.3. The molecule has 0 spiro atoms. The molecule has 1 aromatic rings. The first-order chi connectivity index (χ1) is 10.3. The Balaban J connectivity index is 2.36. The molecule has 5 nitrogen and oxygen atoms in total. The van der Waals surface area contributed by atoms with Crippen LogP contribution in [0.1, 0.15) is 24.5 Å². The number of hydrogen-bond acceptors (Lipinski definition) is 3. The maximum Gasteiger partial charge on any atom is 0.191 e. The summed E-state index contributed by atoms with van der Waals surface area (Å²) in [4.78, 5) is 4.17. The quantitative estimate of drug-likeness (QED) is 0.589. The molecule has 0 bridgehead atoms. The Kier molecular flexibility index (Phi) is 7.38. The van der Waals surface area contributed by atoms with Gasteiger partial charge in [0.1, 0.15) is 9.84 Å². The second kappa shape index (κ2) is 8.78. The summed E-state index contributed by atoms with van der Waals surface area (Å²) in [6, 6.07) is 8.48. The van der Waals surface area contributed by atoms with E-state index in [1.54, 1.807) is 7.05 Å². The first-order valence-corrected chi connectivity index (χ1v) is 9.56. The number of nitrogens with one attached hydrogen (secondary N) is 2. The van der Waals surface area contributed by atoms with Crippen molar-refractivity contribution in [2.24, 2.45) is 4.99 Å². The smallest absolute Gasteiger partial charge is 0.191 e. The lowest BCUT2D eigenvalue weighted by Crippen LogP contribution is -2.43. The second-order valence-corrected chi connectivity index (χ2v) is 7.96. The van der Waals surface area contributed by atoms with Gasteiger partial charge in [0.25, 0.3) is 0 Å². The Bertz CT molecular complexity index is 597. The van der Waals surface area contributed by atoms with E-state index in [1.165, 1.54) is 17.4 Å². The fraction of sp³-hybridized carbons (Fsp3) is 0.562. The summed E-state index contributed by atoms with van der Waals surface area (Å²) in [5.74, 6) is 0.884. The van der Waals surface area contributed by atoms with Crippen LogP contribution in [0.2, 0.25) is 0 Å². The van der Waals surface area contributed by atoms with Crippen LogP contribution < -0.4 is 10.6 Å². The number of benzene rings is 1. The molecule has 1 unspecified atom stereocenters. The molecule has 1 rings (SSSR count). The van der Waals surface area contributed by atoms with Gasteiger partial charge in [-0.1, -0.05) is 29.8 Å². The molecule has 0 aliphatic carbocycles. The topological polar surface area (TPSA) is 70.6 Å². The molecular weight excluding hydrogens is 298 g/mol. The highest BCUT2D eigenvalue weighted by atomic mass is 32.2. The van der Waals surface area contributed by atoms with Gasteiger partial charge in [0, 0.05) is 25.9 Å². The molecular formula is C16H27N3O2S. The molecule has 6 heteroatoms. The summed E-state index contributed by atoms with van der Waals surface area (Å²) >= 11 is 0. The molecule has 0 aliphatic rings. The van der Waals surface area contributed by atoms with Gasteiger partial charge in [-0.2, -0.15) is 0 Å². The number of aliphatic imine (C=N–C) groups is 1. The largest absolute Gasteiger partial charge is 0.356 e. The van der Waals surface area contributed by atoms with Crippen molar-refractivity contribution in [3.8, 4) is 0 Å². The van der Waals surface area contributed by atoms with Gasteiger partial charge >= 0.3 is 0 Å². The van der Waals surface area contributed by atoms with Gasteiger partial charge in [-0.05, 0) is 32.3 Å². The van der Waals surface area contributed by atoms with Gasteiger partial charge in [0.2, 0.25) is 0 Å². The molecule has 0 heterocycles. The van der Waals surface area contributed by atoms with Crippen LogP contribution in [0.5, 0.6) is 0 Å². The molecule has 0 aliphatic heterocycles. The third kappa shape index (κ3) is 8.02. The molecule has 0 aromatic heterocycles. The van der Waals surface area contributed by atoms with Crippen molar-refractivity contribution in [3.63, 3.8) is 0 Å². The molecule has 124 valence electrons. The average molecular weight is 325 g/mol. The summed E-state index contributed by atoms with van der Waals surface area (Å²) in [7, 11) is -1.21. The number of sulfone groups is 1. The van der Waals surface area contributed by atoms with Crippen molar-refractivity contribution >= 4 is 15.8 Å². The standard InChI is InChI=1S/C16H27N3O2S/c1-13-6-5-7-15(12-13)8-10-18-16(17-3)19-14(2)9-11-22(4,20)21/h5-7,12,14H,8-11H2,1-4H3,(H2,17,18,19). The molecule has 0 radical (unpaired) electrons. The number of nitrogens with zero attached hydrogens (tertiary/aromatic N) is 1. The zero-order valence-corrected chi connectivity index (χ0v) is 14.7. The second-order valence-electron chi connectivity index (χ2n) is 5.70. The maximum atomic E-state index is 11.2. The van der Waals surface area contributed by atoms with E-state index < -0.39 is 9.84 Å². The van der Waals surface area contributed by atoms with E-state index in [9.17, 15) is 8.42 Å². The van der Waals surface area contributed by atoms with Gasteiger partial charge in [-0.15, -0.1) is 0 Å². The van der Waals surface area contributed by atoms with Gasteiger partial charge in [0.05, 0.1) is 5.75 Å². The third-order valence-corrected chi connectivity index (χ3v) is 4.29. The molecule has 0 saturated heterocycles. The Labute approximate surface area is 134 Å². The van der Waals surface area contributed by atoms with E-state index >= 15 is 0 Å². The average Bonchev–Trinajstić information content (AvgIpc) is 2.43. The highest BCUT2D eigenvalue weighted by Crippen LogP contribution is 2.03. The molecule has 2 N–H and O–H groups in total. The normalized spacial score (nSPS) is 13.7. The Morgan fingerprint density at radius 2 is 2.09 bits per heavy atom. The molecule has 22 heavy (non-hydrogen) atoms. The number of aryl methyl sites for hydroxylation is 1. The zero-order chi connectivity index (χ0) is 16.6. The summed E-state index contributed by atoms with van der Waals surface area (Å²) in [5, 5.41) is 6.47. The Hall–Kier alpha value is -1.56. The maximum absolute atomic E-state index is 11.2. The fourth-order valence-electron chi connectivity index (χ4n) is 2.08. The lowest BCUT2D eigenvalue weighted by Gasteiger charge is -2.17. The van der Waals surface area contributed by atoms with Gasteiger partial charge in [-0.3, -0.25) is 4.99 Å². The lowest BCUT2D eigenvalue weighted by atomic mass is 10.1. The minimum atomic E-state index is -2.92. The van der Waals surface area contributed by atoms with E-state index in [1.807, 2.05) is 6.92 Å². The van der Waals surface area contributed by atoms with Crippen molar-refractivity contribution in [2.45, 2.75) is 32.7 Å². The van der Waals surface area contributed by atoms with Crippen molar-refractivity contribution in [3.05, 3.63) is 35.4 Å². The first kappa shape index (κ1) is 18.5. The van der Waals surface area contributed by atoms with Crippen molar-refractivity contribution in [1.29, 1.82) is 0 Å². The highest BCUT2D eigenvalue weighted by molar-refractivity contribution is 7.90. The van der Waals surface area contributed by atoms with Crippen molar-refractivity contribution < 1.29 is 8.42 Å². The van der Waals surface area contributed by atoms with Crippen LogP contribution in [0.25, 0.3) is 0 Å². The molecule has 0 fully saturated rings. The van der Waals surface area contributed by atoms with Crippen LogP contribution in [-0.4, -0.2) is 46.0 Å². The SMILES string of the molecule is CN=C(NCCc1cccc(C)c1)NC(C)CCS(C)(=O)=O. The minimum absolute atomic E-state index is 0.0555. The monoisotopic (exact) mass is 325 g/mol. The minimum Gasteiger partial charge on any atom is -0.356 e. The molecule has 1 aromatic carbocycles. The Morgan fingerprint density at radius 1 is 1.36 bits per heavy atom. The molecule has 0 amide bonds. The summed E-state index contributed by atoms with van der Waals surface area (Å²) in [6.07, 6.45) is 2.74. The van der Waals surface area contributed by atoms with Gasteiger partial charge in [0.15, 0.2) is 5.96 Å². The number of guanidine groups is 1. The van der Waals surface area contributed by atoms with Crippen molar-refractivity contribution in [1.82, 2.24) is 10.6 Å². The molecule has 0 saturated carbocycles. The van der Waals surface area contributed by atoms with Gasteiger partial charge < -0.3 is 10.6 Å². The van der Waals surface area contributed by atoms with Gasteiger partial charge in [-0.25, -0.2) is 8.42 Å². The fourth-order valence-corrected chi connectivity index (χ4v) is 2.87. The first-order valence-electron chi connectivity index (χ1n) is 7.50. The van der Waals surface area contributed by atoms with Crippen LogP contribution in [0.4, 0.5) is 0 Å². The van der Waals surface area contributed by atoms with E-state index in [0.717, 1.165) is 13.0 Å². The predicted octanol–water partition coefficient (Wildman–Crippen LogP) is 1.53. The Morgan fingerprint density at radius 3 is 2.68 bits per heavy atom. The third-order valence-electron chi connectivity index (χ3n) is 3.32. The zero-order valence-electron chi connectivity index (χ0n) is 13.9. The van der Waals surface area contributed by atoms with Crippen LogP contribution in [0.15, 0.2) is 29.3 Å². The van der Waals surface area contributed by atoms with Crippen LogP contribution >= 0.6 is 0 Å². The molecule has 1 atom stereocenters. The number of hydrogen-bond donors (Lipinski definition) is 2. The van der Waals surface area contributed by atoms with Crippen LogP contribution in [-0.2, 0) is 16.3 Å². The van der Waals surface area contributed by atoms with Crippen LogP contribution in [0.3, 0.4) is 0 Å². The predicted molar refractivity (Wildman–Crippen MR) is 93.2 cm³/mol. The van der Waals surface area contributed by atoms with Crippen molar-refractivity contribution in [2.75, 3.05) is 25.6 Å². The summed E-state index contributed by atoms with van der Waals surface area (Å²) in [6.45, 7) is 4.82. The number of rotatable bonds is 7. The van der Waals surface area contributed by atoms with E-state index in [0.29, 0.717) is 12.4 Å². The van der Waals surface area contributed by atoms with Crippen LogP contribution in [0, 0.1) is 6.92 Å². The van der Waals surface area contributed by atoms with E-state index in [-0.39, 0.29) is 11.8 Å².